The molecule has 0 spiro atoms. The molecule has 0 aromatic rings. The fraction of sp³-hybridized carbons (Fsp3) is 1.00. The molecule has 0 bridgehead atoms. The number of hydrogen-bond donors (Lipinski definition) is 1. The van der Waals surface area contributed by atoms with Gasteiger partial charge in [0.25, 0.3) is 0 Å². The summed E-state index contributed by atoms with van der Waals surface area (Å²) in [6.07, 6.45) is 2.62. The largest absolute Gasteiger partial charge is 0.394 e. The normalized spacial score (nSPS) is 22.0. The average Bonchev–Trinajstić information content (AvgIpc) is 2.64. The van der Waals surface area contributed by atoms with Crippen LogP contribution in [0, 0.1) is 5.92 Å². The van der Waals surface area contributed by atoms with E-state index in [2.05, 4.69) is 0 Å². The summed E-state index contributed by atoms with van der Waals surface area (Å²) in [5.74, 6) is 0.662. The Bertz CT molecular complexity index is 79.0. The van der Waals surface area contributed by atoms with E-state index in [0.717, 1.165) is 6.61 Å². The average molecular weight is 130 g/mol. The summed E-state index contributed by atoms with van der Waals surface area (Å²) in [6, 6.07) is 0. The monoisotopic (exact) mass is 130 g/mol. The fourth-order valence-corrected chi connectivity index (χ4v) is 1.02. The van der Waals surface area contributed by atoms with Gasteiger partial charge in [0.2, 0.25) is 0 Å². The highest BCUT2D eigenvalue weighted by Gasteiger charge is 2.30. The van der Waals surface area contributed by atoms with Crippen LogP contribution >= 0.6 is 0 Å². The van der Waals surface area contributed by atoms with Crippen LogP contribution in [0.25, 0.3) is 0 Å². The van der Waals surface area contributed by atoms with Gasteiger partial charge in [-0.15, -0.1) is 0 Å². The second-order valence-electron chi connectivity index (χ2n) is 2.51. The minimum Gasteiger partial charge on any atom is -0.394 e. The van der Waals surface area contributed by atoms with E-state index in [9.17, 15) is 0 Å². The first-order valence-electron chi connectivity index (χ1n) is 3.61. The number of ether oxygens (including phenoxy) is 1. The van der Waals surface area contributed by atoms with Crippen molar-refractivity contribution in [3.8, 4) is 0 Å². The Morgan fingerprint density at radius 2 is 2.33 bits per heavy atom. The predicted octanol–water partition coefficient (Wildman–Crippen LogP) is 0.794. The maximum absolute atomic E-state index is 8.74. The minimum atomic E-state index is 0.134. The highest BCUT2D eigenvalue weighted by Crippen LogP contribution is 2.33. The van der Waals surface area contributed by atoms with Crippen LogP contribution in [0.5, 0.6) is 0 Å². The van der Waals surface area contributed by atoms with E-state index >= 15 is 0 Å². The molecule has 0 saturated heterocycles. The van der Waals surface area contributed by atoms with Crippen molar-refractivity contribution in [3.63, 3.8) is 0 Å². The van der Waals surface area contributed by atoms with E-state index in [-0.39, 0.29) is 12.7 Å². The Balaban J connectivity index is 2.12. The molecular weight excluding hydrogens is 116 g/mol. The molecule has 0 aromatic carbocycles. The summed E-state index contributed by atoms with van der Waals surface area (Å²) in [7, 11) is 0. The highest BCUT2D eigenvalue weighted by atomic mass is 16.5. The van der Waals surface area contributed by atoms with Gasteiger partial charge in [-0.05, 0) is 25.7 Å². The maximum Gasteiger partial charge on any atom is 0.0833 e. The fourth-order valence-electron chi connectivity index (χ4n) is 1.02. The number of aliphatic hydroxyl groups is 1. The molecule has 0 radical (unpaired) electrons. The van der Waals surface area contributed by atoms with Crippen molar-refractivity contribution in [2.45, 2.75) is 25.9 Å². The molecule has 1 rings (SSSR count). The first-order valence-corrected chi connectivity index (χ1v) is 3.61. The van der Waals surface area contributed by atoms with Gasteiger partial charge in [-0.2, -0.15) is 0 Å². The van der Waals surface area contributed by atoms with Crippen LogP contribution in [-0.4, -0.2) is 24.4 Å². The van der Waals surface area contributed by atoms with Gasteiger partial charge in [0, 0.05) is 6.61 Å². The molecule has 1 aliphatic carbocycles. The lowest BCUT2D eigenvalue weighted by atomic mass is 10.2. The van der Waals surface area contributed by atoms with Crippen molar-refractivity contribution in [3.05, 3.63) is 0 Å². The van der Waals surface area contributed by atoms with Crippen LogP contribution < -0.4 is 0 Å². The molecule has 1 atom stereocenters. The Morgan fingerprint density at radius 3 is 2.67 bits per heavy atom. The summed E-state index contributed by atoms with van der Waals surface area (Å²) < 4.78 is 5.27. The molecule has 0 aliphatic heterocycles. The van der Waals surface area contributed by atoms with Crippen molar-refractivity contribution in [1.82, 2.24) is 0 Å². The SMILES string of the molecule is CCOC(CO)C1CC1. The number of hydrogen-bond acceptors (Lipinski definition) is 2. The van der Waals surface area contributed by atoms with Crippen LogP contribution in [0.1, 0.15) is 19.8 Å². The smallest absolute Gasteiger partial charge is 0.0833 e. The number of aliphatic hydroxyl groups excluding tert-OH is 1. The quantitative estimate of drug-likeness (QED) is 0.609. The standard InChI is InChI=1S/C7H14O2/c1-2-9-7(5-8)6-3-4-6/h6-8H,2-5H2,1H3. The molecule has 1 N–H and O–H groups in total. The lowest BCUT2D eigenvalue weighted by Crippen LogP contribution is -2.19. The van der Waals surface area contributed by atoms with E-state index < -0.39 is 0 Å². The third kappa shape index (κ3) is 1.95. The first-order chi connectivity index (χ1) is 4.38. The lowest BCUT2D eigenvalue weighted by molar-refractivity contribution is 0.00638. The second kappa shape index (κ2) is 3.18. The van der Waals surface area contributed by atoms with Crippen LogP contribution in [0.3, 0.4) is 0 Å². The Kier molecular flexibility index (Phi) is 2.49. The molecule has 2 heteroatoms. The van der Waals surface area contributed by atoms with Crippen LogP contribution in [0.2, 0.25) is 0 Å². The molecule has 0 amide bonds. The molecule has 1 saturated carbocycles. The molecule has 1 fully saturated rings. The van der Waals surface area contributed by atoms with Gasteiger partial charge in [0.05, 0.1) is 12.7 Å². The van der Waals surface area contributed by atoms with Crippen LogP contribution in [0.15, 0.2) is 0 Å². The van der Waals surface area contributed by atoms with Crippen molar-refractivity contribution < 1.29 is 9.84 Å². The lowest BCUT2D eigenvalue weighted by Gasteiger charge is -2.11. The Hall–Kier alpha value is -0.0800. The highest BCUT2D eigenvalue weighted by molar-refractivity contribution is 4.81. The zero-order valence-electron chi connectivity index (χ0n) is 5.84. The summed E-state index contributed by atoms with van der Waals surface area (Å²) in [5, 5.41) is 8.74. The second-order valence-corrected chi connectivity index (χ2v) is 2.51. The maximum atomic E-state index is 8.74. The predicted molar refractivity (Wildman–Crippen MR) is 35.2 cm³/mol. The van der Waals surface area contributed by atoms with Gasteiger partial charge in [-0.25, -0.2) is 0 Å². The first kappa shape index (κ1) is 7.03. The minimum absolute atomic E-state index is 0.134. The zero-order chi connectivity index (χ0) is 6.69. The molecule has 54 valence electrons. The van der Waals surface area contributed by atoms with E-state index in [4.69, 9.17) is 9.84 Å². The van der Waals surface area contributed by atoms with E-state index in [1.54, 1.807) is 0 Å². The van der Waals surface area contributed by atoms with Gasteiger partial charge in [0.15, 0.2) is 0 Å². The van der Waals surface area contributed by atoms with Crippen molar-refractivity contribution in [2.24, 2.45) is 5.92 Å². The molecule has 0 heterocycles. The van der Waals surface area contributed by atoms with Gasteiger partial charge in [-0.3, -0.25) is 0 Å². The van der Waals surface area contributed by atoms with Gasteiger partial charge >= 0.3 is 0 Å². The van der Waals surface area contributed by atoms with Gasteiger partial charge in [0.1, 0.15) is 0 Å². The van der Waals surface area contributed by atoms with Gasteiger partial charge < -0.3 is 9.84 Å². The molecule has 1 unspecified atom stereocenters. The third-order valence-electron chi connectivity index (χ3n) is 1.71. The van der Waals surface area contributed by atoms with Gasteiger partial charge in [-0.1, -0.05) is 0 Å². The van der Waals surface area contributed by atoms with Crippen molar-refractivity contribution >= 4 is 0 Å². The summed E-state index contributed by atoms with van der Waals surface area (Å²) in [4.78, 5) is 0. The summed E-state index contributed by atoms with van der Waals surface area (Å²) >= 11 is 0. The summed E-state index contributed by atoms with van der Waals surface area (Å²) in [6.45, 7) is 2.88. The van der Waals surface area contributed by atoms with Crippen LogP contribution in [0.4, 0.5) is 0 Å². The zero-order valence-corrected chi connectivity index (χ0v) is 5.84. The molecule has 1 aliphatic rings. The van der Waals surface area contributed by atoms with Crippen molar-refractivity contribution in [1.29, 1.82) is 0 Å². The molecule has 9 heavy (non-hydrogen) atoms. The molecule has 0 aromatic heterocycles. The number of rotatable bonds is 4. The van der Waals surface area contributed by atoms with E-state index in [0.29, 0.717) is 5.92 Å². The molecular formula is C7H14O2. The Morgan fingerprint density at radius 1 is 1.67 bits per heavy atom. The van der Waals surface area contributed by atoms with E-state index in [1.165, 1.54) is 12.8 Å². The topological polar surface area (TPSA) is 29.5 Å². The summed E-state index contributed by atoms with van der Waals surface area (Å²) in [5.41, 5.74) is 0. The Labute approximate surface area is 55.8 Å². The van der Waals surface area contributed by atoms with E-state index in [1.807, 2.05) is 6.92 Å². The molecule has 2 nitrogen and oxygen atoms in total. The third-order valence-corrected chi connectivity index (χ3v) is 1.71. The van der Waals surface area contributed by atoms with Crippen molar-refractivity contribution in [2.75, 3.05) is 13.2 Å². The van der Waals surface area contributed by atoms with Crippen LogP contribution in [-0.2, 0) is 4.74 Å².